The number of fused-ring (bicyclic) bond motifs is 1. The first-order valence-electron chi connectivity index (χ1n) is 8.79. The number of aryl methyl sites for hydroxylation is 1. The van der Waals surface area contributed by atoms with E-state index in [1.165, 1.54) is 31.2 Å². The lowest BCUT2D eigenvalue weighted by atomic mass is 9.82. The topological polar surface area (TPSA) is 15.3 Å². The van der Waals surface area contributed by atoms with Gasteiger partial charge in [0.05, 0.1) is 0 Å². The average molecular weight is 288 g/mol. The molecule has 0 heterocycles. The predicted octanol–water partition coefficient (Wildman–Crippen LogP) is 4.16. The molecular formula is C19H32N2. The van der Waals surface area contributed by atoms with Crippen LogP contribution in [-0.2, 0) is 6.42 Å². The maximum atomic E-state index is 3.83. The van der Waals surface area contributed by atoms with E-state index in [4.69, 9.17) is 0 Å². The minimum Gasteiger partial charge on any atom is -0.309 e. The standard InChI is InChI=1S/C19H32N2/c1-5-14-20-19-17-11-9-8-10-16(17)12-13-18(19)21(7-3)15(4)6-2/h8-11,15,18-20H,5-7,12-14H2,1-4H3. The van der Waals surface area contributed by atoms with Gasteiger partial charge in [0.15, 0.2) is 0 Å². The van der Waals surface area contributed by atoms with Crippen molar-refractivity contribution < 1.29 is 0 Å². The first-order valence-corrected chi connectivity index (χ1v) is 8.79. The van der Waals surface area contributed by atoms with Crippen molar-refractivity contribution in [1.29, 1.82) is 0 Å². The fourth-order valence-corrected chi connectivity index (χ4v) is 3.75. The van der Waals surface area contributed by atoms with E-state index in [2.05, 4.69) is 62.2 Å². The highest BCUT2D eigenvalue weighted by Gasteiger charge is 2.33. The van der Waals surface area contributed by atoms with Crippen LogP contribution in [-0.4, -0.2) is 30.1 Å². The Bertz CT molecular complexity index is 429. The maximum Gasteiger partial charge on any atom is 0.0481 e. The zero-order valence-electron chi connectivity index (χ0n) is 14.2. The molecule has 3 atom stereocenters. The van der Waals surface area contributed by atoms with Gasteiger partial charge in [0.1, 0.15) is 0 Å². The third-order valence-corrected chi connectivity index (χ3v) is 5.05. The van der Waals surface area contributed by atoms with E-state index in [1.54, 1.807) is 5.56 Å². The second-order valence-electron chi connectivity index (χ2n) is 6.32. The fourth-order valence-electron chi connectivity index (χ4n) is 3.75. The monoisotopic (exact) mass is 288 g/mol. The van der Waals surface area contributed by atoms with Crippen LogP contribution in [0.3, 0.4) is 0 Å². The molecule has 1 aliphatic carbocycles. The second-order valence-corrected chi connectivity index (χ2v) is 6.32. The molecule has 118 valence electrons. The Hall–Kier alpha value is -0.860. The first kappa shape index (κ1) is 16.5. The summed E-state index contributed by atoms with van der Waals surface area (Å²) in [7, 11) is 0. The van der Waals surface area contributed by atoms with Crippen LogP contribution >= 0.6 is 0 Å². The summed E-state index contributed by atoms with van der Waals surface area (Å²) in [5.74, 6) is 0. The lowest BCUT2D eigenvalue weighted by Crippen LogP contribution is -2.50. The minimum absolute atomic E-state index is 0.490. The van der Waals surface area contributed by atoms with Crippen LogP contribution in [0.2, 0.25) is 0 Å². The molecular weight excluding hydrogens is 256 g/mol. The summed E-state index contributed by atoms with van der Waals surface area (Å²) in [5.41, 5.74) is 3.08. The van der Waals surface area contributed by atoms with Gasteiger partial charge in [-0.2, -0.15) is 0 Å². The number of hydrogen-bond donors (Lipinski definition) is 1. The quantitative estimate of drug-likeness (QED) is 0.810. The fraction of sp³-hybridized carbons (Fsp3) is 0.684. The van der Waals surface area contributed by atoms with Crippen LogP contribution in [0.5, 0.6) is 0 Å². The summed E-state index contributed by atoms with van der Waals surface area (Å²) in [6.07, 6.45) is 4.92. The van der Waals surface area contributed by atoms with Gasteiger partial charge in [0, 0.05) is 18.1 Å². The smallest absolute Gasteiger partial charge is 0.0481 e. The van der Waals surface area contributed by atoms with Crippen molar-refractivity contribution in [3.05, 3.63) is 35.4 Å². The van der Waals surface area contributed by atoms with Crippen LogP contribution in [0.15, 0.2) is 24.3 Å². The molecule has 0 aliphatic heterocycles. The highest BCUT2D eigenvalue weighted by molar-refractivity contribution is 5.34. The molecule has 1 aromatic rings. The molecule has 2 nitrogen and oxygen atoms in total. The van der Waals surface area contributed by atoms with Crippen LogP contribution in [0.25, 0.3) is 0 Å². The van der Waals surface area contributed by atoms with Gasteiger partial charge in [-0.3, -0.25) is 4.90 Å². The van der Waals surface area contributed by atoms with Crippen LogP contribution in [0.4, 0.5) is 0 Å². The molecule has 1 aliphatic rings. The highest BCUT2D eigenvalue weighted by atomic mass is 15.2. The van der Waals surface area contributed by atoms with Crippen molar-refractivity contribution >= 4 is 0 Å². The number of likely N-dealkylation sites (N-methyl/N-ethyl adjacent to an activating group) is 1. The predicted molar refractivity (Wildman–Crippen MR) is 91.7 cm³/mol. The normalized spacial score (nSPS) is 23.1. The number of nitrogens with zero attached hydrogens (tertiary/aromatic N) is 1. The van der Waals surface area contributed by atoms with Crippen molar-refractivity contribution in [2.75, 3.05) is 13.1 Å². The van der Waals surface area contributed by atoms with Gasteiger partial charge in [-0.1, -0.05) is 45.0 Å². The van der Waals surface area contributed by atoms with E-state index in [0.717, 1.165) is 13.1 Å². The highest BCUT2D eigenvalue weighted by Crippen LogP contribution is 2.34. The minimum atomic E-state index is 0.490. The van der Waals surface area contributed by atoms with Crippen molar-refractivity contribution in [2.24, 2.45) is 0 Å². The zero-order chi connectivity index (χ0) is 15.2. The lowest BCUT2D eigenvalue weighted by molar-refractivity contribution is 0.103. The Balaban J connectivity index is 2.27. The van der Waals surface area contributed by atoms with Crippen molar-refractivity contribution in [3.63, 3.8) is 0 Å². The Labute approximate surface area is 130 Å². The SMILES string of the molecule is CCCNC1c2ccccc2CCC1N(CC)C(C)CC. The molecule has 0 aromatic heterocycles. The third kappa shape index (κ3) is 3.67. The van der Waals surface area contributed by atoms with Crippen molar-refractivity contribution in [2.45, 2.75) is 71.5 Å². The molecule has 2 rings (SSSR count). The van der Waals surface area contributed by atoms with Crippen molar-refractivity contribution in [1.82, 2.24) is 10.2 Å². The van der Waals surface area contributed by atoms with Crippen molar-refractivity contribution in [3.8, 4) is 0 Å². The van der Waals surface area contributed by atoms with Gasteiger partial charge < -0.3 is 5.32 Å². The Morgan fingerprint density at radius 1 is 1.24 bits per heavy atom. The molecule has 0 amide bonds. The Kier molecular flexibility index (Phi) is 6.25. The van der Waals surface area contributed by atoms with E-state index in [-0.39, 0.29) is 0 Å². The molecule has 1 aromatic carbocycles. The molecule has 0 fully saturated rings. The van der Waals surface area contributed by atoms with Gasteiger partial charge in [-0.05, 0) is 56.8 Å². The lowest BCUT2D eigenvalue weighted by Gasteiger charge is -2.43. The zero-order valence-corrected chi connectivity index (χ0v) is 14.2. The summed E-state index contributed by atoms with van der Waals surface area (Å²) in [5, 5.41) is 3.83. The molecule has 1 N–H and O–H groups in total. The Morgan fingerprint density at radius 3 is 2.67 bits per heavy atom. The largest absolute Gasteiger partial charge is 0.309 e. The van der Waals surface area contributed by atoms with Crippen LogP contribution in [0.1, 0.15) is 64.1 Å². The average Bonchev–Trinajstić information content (AvgIpc) is 2.53. The Morgan fingerprint density at radius 2 is 2.00 bits per heavy atom. The molecule has 21 heavy (non-hydrogen) atoms. The summed E-state index contributed by atoms with van der Waals surface area (Å²) in [6.45, 7) is 11.5. The molecule has 0 saturated carbocycles. The van der Waals surface area contributed by atoms with Gasteiger partial charge in [-0.15, -0.1) is 0 Å². The molecule has 0 bridgehead atoms. The molecule has 3 unspecified atom stereocenters. The number of hydrogen-bond acceptors (Lipinski definition) is 2. The summed E-state index contributed by atoms with van der Waals surface area (Å²) in [6, 6.07) is 10.8. The van der Waals surface area contributed by atoms with Gasteiger partial charge in [0.2, 0.25) is 0 Å². The van der Waals surface area contributed by atoms with E-state index in [1.807, 2.05) is 0 Å². The van der Waals surface area contributed by atoms with E-state index in [9.17, 15) is 0 Å². The first-order chi connectivity index (χ1) is 10.2. The van der Waals surface area contributed by atoms with Gasteiger partial charge >= 0.3 is 0 Å². The van der Waals surface area contributed by atoms with Crippen LogP contribution in [0, 0.1) is 0 Å². The van der Waals surface area contributed by atoms with E-state index >= 15 is 0 Å². The van der Waals surface area contributed by atoms with Crippen LogP contribution < -0.4 is 5.32 Å². The summed E-state index contributed by atoms with van der Waals surface area (Å²) >= 11 is 0. The molecule has 0 radical (unpaired) electrons. The number of benzene rings is 1. The van der Waals surface area contributed by atoms with Gasteiger partial charge in [0.25, 0.3) is 0 Å². The maximum absolute atomic E-state index is 3.83. The molecule has 2 heteroatoms. The summed E-state index contributed by atoms with van der Waals surface area (Å²) < 4.78 is 0. The molecule has 0 saturated heterocycles. The number of nitrogens with one attached hydrogen (secondary N) is 1. The summed E-state index contributed by atoms with van der Waals surface area (Å²) in [4.78, 5) is 2.71. The second kappa shape index (κ2) is 7.95. The molecule has 0 spiro atoms. The third-order valence-electron chi connectivity index (χ3n) is 5.05. The van der Waals surface area contributed by atoms with E-state index < -0.39 is 0 Å². The number of rotatable bonds is 7. The van der Waals surface area contributed by atoms with Gasteiger partial charge in [-0.25, -0.2) is 0 Å². The van der Waals surface area contributed by atoms with E-state index in [0.29, 0.717) is 18.1 Å².